The van der Waals surface area contributed by atoms with E-state index in [9.17, 15) is 26.4 Å². The molecule has 6 nitrogen and oxygen atoms in total. The highest BCUT2D eigenvalue weighted by Gasteiger charge is 2.33. The number of halogens is 3. The number of nitrogens with zero attached hydrogens (tertiary/aromatic N) is 1. The summed E-state index contributed by atoms with van der Waals surface area (Å²) in [4.78, 5) is 15.7. The number of alkyl halides is 3. The molecule has 4 rings (SSSR count). The van der Waals surface area contributed by atoms with Crippen LogP contribution in [-0.4, -0.2) is 30.6 Å². The van der Waals surface area contributed by atoms with Crippen molar-refractivity contribution in [2.45, 2.75) is 48.0 Å². The van der Waals surface area contributed by atoms with Gasteiger partial charge in [0.2, 0.25) is 5.91 Å². The summed E-state index contributed by atoms with van der Waals surface area (Å²) in [5.74, 6) is -0.231. The third-order valence-corrected chi connectivity index (χ3v) is 8.52. The van der Waals surface area contributed by atoms with Gasteiger partial charge in [-0.05, 0) is 67.1 Å². The second kappa shape index (κ2) is 9.69. The number of rotatable bonds is 6. The maximum absolute atomic E-state index is 13.2. The molecule has 1 aliphatic carbocycles. The monoisotopic (exact) mass is 503 g/mol. The predicted molar refractivity (Wildman–Crippen MR) is 126 cm³/mol. The van der Waals surface area contributed by atoms with Crippen molar-refractivity contribution in [2.75, 3.05) is 5.32 Å². The van der Waals surface area contributed by atoms with E-state index in [1.165, 1.54) is 6.07 Å². The molecule has 1 fully saturated rings. The van der Waals surface area contributed by atoms with Crippen LogP contribution >= 0.6 is 0 Å². The summed E-state index contributed by atoms with van der Waals surface area (Å²) >= 11 is 0. The summed E-state index contributed by atoms with van der Waals surface area (Å²) in [5, 5.41) is 2.55. The Bertz CT molecular complexity index is 1300. The number of hydrogen-bond acceptors (Lipinski definition) is 5. The van der Waals surface area contributed by atoms with Crippen LogP contribution in [0, 0.1) is 0 Å². The van der Waals surface area contributed by atoms with Gasteiger partial charge in [-0.1, -0.05) is 30.3 Å². The molecule has 0 atom stereocenters. The van der Waals surface area contributed by atoms with Crippen molar-refractivity contribution >= 4 is 21.6 Å². The van der Waals surface area contributed by atoms with E-state index in [-0.39, 0.29) is 10.9 Å². The standard InChI is InChI=1S/C25H24F3N3O3S/c26-25(27,28)17-7-14-23(30-15-17)31-18-8-12-20(13-9-18)35(33,34)19-10-5-16(6-11-19)21-3-1-2-4-22(21)24(29)32/h1-7,10-11,14-15,18,20H,8-9,12-13H2,(H2,29,32)(H,30,31). The number of pyridine rings is 1. The molecule has 184 valence electrons. The highest BCUT2D eigenvalue weighted by Crippen LogP contribution is 2.33. The maximum atomic E-state index is 13.2. The van der Waals surface area contributed by atoms with Crippen LogP contribution < -0.4 is 11.1 Å². The third-order valence-electron chi connectivity index (χ3n) is 6.24. The number of hydrogen-bond donors (Lipinski definition) is 2. The van der Waals surface area contributed by atoms with Crippen molar-refractivity contribution in [3.63, 3.8) is 0 Å². The molecule has 1 aromatic heterocycles. The second-order valence-electron chi connectivity index (χ2n) is 8.53. The van der Waals surface area contributed by atoms with Crippen LogP contribution in [0.2, 0.25) is 0 Å². The minimum atomic E-state index is -4.44. The number of benzene rings is 2. The lowest BCUT2D eigenvalue weighted by atomic mass is 9.95. The van der Waals surface area contributed by atoms with Gasteiger partial charge in [-0.25, -0.2) is 13.4 Å². The minimum absolute atomic E-state index is 0.0710. The van der Waals surface area contributed by atoms with Gasteiger partial charge in [0.15, 0.2) is 9.84 Å². The summed E-state index contributed by atoms with van der Waals surface area (Å²) in [7, 11) is -3.57. The van der Waals surface area contributed by atoms with E-state index in [0.717, 1.165) is 12.3 Å². The van der Waals surface area contributed by atoms with E-state index >= 15 is 0 Å². The number of nitrogens with two attached hydrogens (primary N) is 1. The van der Waals surface area contributed by atoms with Crippen LogP contribution in [0.25, 0.3) is 11.1 Å². The van der Waals surface area contributed by atoms with Gasteiger partial charge in [-0.3, -0.25) is 4.79 Å². The molecular weight excluding hydrogens is 479 g/mol. The summed E-state index contributed by atoms with van der Waals surface area (Å²) in [5.41, 5.74) is 6.31. The van der Waals surface area contributed by atoms with Gasteiger partial charge in [-0.2, -0.15) is 13.2 Å². The highest BCUT2D eigenvalue weighted by molar-refractivity contribution is 7.92. The normalized spacial score (nSPS) is 18.7. The molecule has 0 unspecified atom stereocenters. The molecule has 10 heteroatoms. The Labute approximate surface area is 201 Å². The van der Waals surface area contributed by atoms with Gasteiger partial charge < -0.3 is 11.1 Å². The second-order valence-corrected chi connectivity index (χ2v) is 10.8. The molecule has 1 amide bonds. The van der Waals surface area contributed by atoms with Crippen molar-refractivity contribution < 1.29 is 26.4 Å². The fourth-order valence-electron chi connectivity index (χ4n) is 4.34. The summed E-state index contributed by atoms with van der Waals surface area (Å²) in [6.45, 7) is 0. The van der Waals surface area contributed by atoms with Crippen LogP contribution in [-0.2, 0) is 16.0 Å². The van der Waals surface area contributed by atoms with E-state index < -0.39 is 32.7 Å². The first-order valence-corrected chi connectivity index (χ1v) is 12.6. The number of amides is 1. The van der Waals surface area contributed by atoms with Crippen LogP contribution in [0.5, 0.6) is 0 Å². The van der Waals surface area contributed by atoms with Gasteiger partial charge in [0.25, 0.3) is 0 Å². The summed E-state index contributed by atoms with van der Waals surface area (Å²) in [6.07, 6.45) is -1.71. The Morgan fingerprint density at radius 1 is 0.943 bits per heavy atom. The fourth-order valence-corrected chi connectivity index (χ4v) is 6.13. The molecular formula is C25H24F3N3O3S. The first-order valence-electron chi connectivity index (χ1n) is 11.1. The van der Waals surface area contributed by atoms with Crippen molar-refractivity contribution in [3.8, 4) is 11.1 Å². The number of carbonyl (C=O) groups excluding carboxylic acids is 1. The van der Waals surface area contributed by atoms with E-state index in [2.05, 4.69) is 10.3 Å². The van der Waals surface area contributed by atoms with E-state index in [0.29, 0.717) is 48.2 Å². The Kier molecular flexibility index (Phi) is 6.84. The van der Waals surface area contributed by atoms with Gasteiger partial charge in [0, 0.05) is 17.8 Å². The average molecular weight is 504 g/mol. The lowest BCUT2D eigenvalue weighted by Gasteiger charge is -2.29. The molecule has 0 spiro atoms. The fraction of sp³-hybridized carbons (Fsp3) is 0.280. The van der Waals surface area contributed by atoms with Crippen molar-refractivity contribution in [1.82, 2.24) is 4.98 Å². The Morgan fingerprint density at radius 3 is 2.17 bits per heavy atom. The van der Waals surface area contributed by atoms with Gasteiger partial charge in [0.1, 0.15) is 5.82 Å². The van der Waals surface area contributed by atoms with Crippen LogP contribution in [0.4, 0.5) is 19.0 Å². The topological polar surface area (TPSA) is 102 Å². The molecule has 1 saturated carbocycles. The number of aromatic nitrogens is 1. The molecule has 1 heterocycles. The first kappa shape index (κ1) is 24.7. The summed E-state index contributed by atoms with van der Waals surface area (Å²) in [6, 6.07) is 15.5. The Morgan fingerprint density at radius 2 is 1.60 bits per heavy atom. The SMILES string of the molecule is NC(=O)c1ccccc1-c1ccc(S(=O)(=O)C2CCC(Nc3ccc(C(F)(F)F)cn3)CC2)cc1. The van der Waals surface area contributed by atoms with Crippen LogP contribution in [0.1, 0.15) is 41.6 Å². The number of primary amides is 1. The molecule has 2 aromatic carbocycles. The lowest BCUT2D eigenvalue weighted by molar-refractivity contribution is -0.137. The van der Waals surface area contributed by atoms with Gasteiger partial charge >= 0.3 is 6.18 Å². The van der Waals surface area contributed by atoms with Gasteiger partial charge in [0.05, 0.1) is 15.7 Å². The summed E-state index contributed by atoms with van der Waals surface area (Å²) < 4.78 is 64.5. The first-order chi connectivity index (χ1) is 16.6. The molecule has 35 heavy (non-hydrogen) atoms. The minimum Gasteiger partial charge on any atom is -0.367 e. The quantitative estimate of drug-likeness (QED) is 0.489. The zero-order valence-corrected chi connectivity index (χ0v) is 19.4. The molecule has 0 aliphatic heterocycles. The lowest BCUT2D eigenvalue weighted by Crippen LogP contribution is -2.33. The van der Waals surface area contributed by atoms with Crippen LogP contribution in [0.15, 0.2) is 71.8 Å². The largest absolute Gasteiger partial charge is 0.417 e. The highest BCUT2D eigenvalue weighted by atomic mass is 32.2. The molecule has 3 N–H and O–H groups in total. The molecule has 0 bridgehead atoms. The van der Waals surface area contributed by atoms with Crippen molar-refractivity contribution in [1.29, 1.82) is 0 Å². The van der Waals surface area contributed by atoms with E-state index in [4.69, 9.17) is 5.73 Å². The van der Waals surface area contributed by atoms with Gasteiger partial charge in [-0.15, -0.1) is 0 Å². The number of anilines is 1. The van der Waals surface area contributed by atoms with E-state index in [1.54, 1.807) is 48.5 Å². The Hall–Kier alpha value is -3.40. The molecule has 0 saturated heterocycles. The smallest absolute Gasteiger partial charge is 0.367 e. The van der Waals surface area contributed by atoms with E-state index in [1.807, 2.05) is 0 Å². The molecule has 1 aliphatic rings. The predicted octanol–water partition coefficient (Wildman–Crippen LogP) is 5.06. The van der Waals surface area contributed by atoms with Crippen molar-refractivity contribution in [2.24, 2.45) is 5.73 Å². The molecule has 3 aromatic rings. The zero-order valence-electron chi connectivity index (χ0n) is 18.6. The number of sulfone groups is 1. The average Bonchev–Trinajstić information content (AvgIpc) is 2.84. The van der Waals surface area contributed by atoms with Crippen molar-refractivity contribution in [3.05, 3.63) is 78.0 Å². The Balaban J connectivity index is 1.40. The number of carbonyl (C=O) groups is 1. The maximum Gasteiger partial charge on any atom is 0.417 e. The molecule has 0 radical (unpaired) electrons. The van der Waals surface area contributed by atoms with Crippen LogP contribution in [0.3, 0.4) is 0 Å². The third kappa shape index (κ3) is 5.48. The zero-order chi connectivity index (χ0) is 25.2. The number of nitrogens with one attached hydrogen (secondary N) is 1.